The molecule has 3 rings (SSSR count). The van der Waals surface area contributed by atoms with Crippen molar-refractivity contribution in [3.05, 3.63) is 28.8 Å². The van der Waals surface area contributed by atoms with Gasteiger partial charge in [0, 0.05) is 18.1 Å². The molecule has 2 aromatic rings. The number of hydrogen-bond donors (Lipinski definition) is 2. The van der Waals surface area contributed by atoms with Crippen LogP contribution in [0.4, 0.5) is 11.6 Å². The second kappa shape index (κ2) is 5.09. The molecule has 8 heteroatoms. The Balaban J connectivity index is 1.81. The summed E-state index contributed by atoms with van der Waals surface area (Å²) in [6.45, 7) is 0. The van der Waals surface area contributed by atoms with Crippen molar-refractivity contribution in [2.45, 2.75) is 18.8 Å². The van der Waals surface area contributed by atoms with E-state index in [-0.39, 0.29) is 11.0 Å². The van der Waals surface area contributed by atoms with Gasteiger partial charge in [-0.1, -0.05) is 0 Å². The van der Waals surface area contributed by atoms with Gasteiger partial charge in [0.2, 0.25) is 5.28 Å². The molecule has 0 amide bonds. The SMILES string of the molecule is COC(=O)c1cc(Nc2cc(C3CC3)n[nH]2)nc(Cl)n1. The number of carbonyl (C=O) groups excluding carboxylic acids is 1. The Labute approximate surface area is 119 Å². The Morgan fingerprint density at radius 1 is 1.45 bits per heavy atom. The number of nitrogens with zero attached hydrogens (tertiary/aromatic N) is 3. The Bertz CT molecular complexity index is 653. The fraction of sp³-hybridized carbons (Fsp3) is 0.333. The lowest BCUT2D eigenvalue weighted by Crippen LogP contribution is -2.07. The molecule has 1 aliphatic carbocycles. The fourth-order valence-electron chi connectivity index (χ4n) is 1.82. The van der Waals surface area contributed by atoms with Gasteiger partial charge in [0.25, 0.3) is 0 Å². The maximum Gasteiger partial charge on any atom is 0.356 e. The summed E-state index contributed by atoms with van der Waals surface area (Å²) in [5.41, 5.74) is 1.12. The summed E-state index contributed by atoms with van der Waals surface area (Å²) in [6, 6.07) is 3.39. The normalized spacial score (nSPS) is 14.1. The molecule has 0 aliphatic heterocycles. The average Bonchev–Trinajstić information content (AvgIpc) is 3.18. The number of carbonyl (C=O) groups is 1. The Kier molecular flexibility index (Phi) is 3.27. The van der Waals surface area contributed by atoms with Crippen LogP contribution in [0.1, 0.15) is 34.9 Å². The van der Waals surface area contributed by atoms with Crippen LogP contribution in [0.15, 0.2) is 12.1 Å². The minimum atomic E-state index is -0.569. The van der Waals surface area contributed by atoms with E-state index >= 15 is 0 Å². The third kappa shape index (κ3) is 2.72. The van der Waals surface area contributed by atoms with Gasteiger partial charge in [-0.15, -0.1) is 0 Å². The van der Waals surface area contributed by atoms with E-state index in [2.05, 4.69) is 30.2 Å². The molecule has 20 heavy (non-hydrogen) atoms. The highest BCUT2D eigenvalue weighted by Gasteiger charge is 2.26. The molecule has 1 aliphatic rings. The first-order valence-electron chi connectivity index (χ1n) is 6.11. The van der Waals surface area contributed by atoms with Crippen LogP contribution in [0, 0.1) is 0 Å². The van der Waals surface area contributed by atoms with E-state index < -0.39 is 5.97 Å². The van der Waals surface area contributed by atoms with E-state index in [0.717, 1.165) is 5.69 Å². The van der Waals surface area contributed by atoms with Crippen LogP contribution >= 0.6 is 11.6 Å². The summed E-state index contributed by atoms with van der Waals surface area (Å²) in [4.78, 5) is 19.3. The Hall–Kier alpha value is -2.15. The molecular weight excluding hydrogens is 282 g/mol. The van der Waals surface area contributed by atoms with Crippen molar-refractivity contribution in [2.75, 3.05) is 12.4 Å². The standard InChI is InChI=1S/C12H12ClN5O2/c1-20-11(19)8-5-9(16-12(13)14-8)15-10-4-7(17-18-10)6-2-3-6/h4-6H,2-3H2,1H3,(H2,14,15,16,17,18). The maximum absolute atomic E-state index is 11.5. The molecule has 1 fully saturated rings. The highest BCUT2D eigenvalue weighted by atomic mass is 35.5. The van der Waals surface area contributed by atoms with Crippen molar-refractivity contribution in [1.29, 1.82) is 0 Å². The van der Waals surface area contributed by atoms with E-state index in [0.29, 0.717) is 17.6 Å². The van der Waals surface area contributed by atoms with Gasteiger partial charge in [-0.2, -0.15) is 5.10 Å². The number of aromatic nitrogens is 4. The summed E-state index contributed by atoms with van der Waals surface area (Å²) < 4.78 is 4.60. The highest BCUT2D eigenvalue weighted by Crippen LogP contribution is 2.39. The maximum atomic E-state index is 11.5. The molecule has 0 saturated heterocycles. The summed E-state index contributed by atoms with van der Waals surface area (Å²) in [6.07, 6.45) is 2.35. The minimum absolute atomic E-state index is 0.0302. The summed E-state index contributed by atoms with van der Waals surface area (Å²) in [5, 5.41) is 10.1. The number of nitrogens with one attached hydrogen (secondary N) is 2. The van der Waals surface area contributed by atoms with E-state index in [4.69, 9.17) is 11.6 Å². The fourth-order valence-corrected chi connectivity index (χ4v) is 2.00. The van der Waals surface area contributed by atoms with Crippen LogP contribution in [0.25, 0.3) is 0 Å². The first-order chi connectivity index (χ1) is 9.65. The second-order valence-electron chi connectivity index (χ2n) is 4.50. The van der Waals surface area contributed by atoms with E-state index in [1.54, 1.807) is 0 Å². The Morgan fingerprint density at radius 3 is 2.95 bits per heavy atom. The van der Waals surface area contributed by atoms with E-state index in [9.17, 15) is 4.79 Å². The van der Waals surface area contributed by atoms with Crippen molar-refractivity contribution in [3.8, 4) is 0 Å². The largest absolute Gasteiger partial charge is 0.464 e. The lowest BCUT2D eigenvalue weighted by atomic mass is 10.3. The Morgan fingerprint density at radius 2 is 2.25 bits per heavy atom. The molecule has 0 radical (unpaired) electrons. The van der Waals surface area contributed by atoms with Gasteiger partial charge in [-0.05, 0) is 24.4 Å². The van der Waals surface area contributed by atoms with E-state index in [1.165, 1.54) is 26.0 Å². The quantitative estimate of drug-likeness (QED) is 0.663. The molecule has 1 saturated carbocycles. The summed E-state index contributed by atoms with van der Waals surface area (Å²) >= 11 is 5.79. The van der Waals surface area contributed by atoms with Gasteiger partial charge < -0.3 is 10.1 Å². The van der Waals surface area contributed by atoms with Gasteiger partial charge in [0.05, 0.1) is 12.8 Å². The second-order valence-corrected chi connectivity index (χ2v) is 4.84. The lowest BCUT2D eigenvalue weighted by molar-refractivity contribution is 0.0594. The average molecular weight is 294 g/mol. The first kappa shape index (κ1) is 12.9. The number of methoxy groups -OCH3 is 1. The number of H-pyrrole nitrogens is 1. The number of anilines is 2. The van der Waals surface area contributed by atoms with Crippen molar-refractivity contribution in [2.24, 2.45) is 0 Å². The molecule has 104 valence electrons. The molecule has 2 heterocycles. The molecule has 0 spiro atoms. The molecule has 0 unspecified atom stereocenters. The van der Waals surface area contributed by atoms with Crippen molar-refractivity contribution < 1.29 is 9.53 Å². The first-order valence-corrected chi connectivity index (χ1v) is 6.48. The molecule has 0 bridgehead atoms. The topological polar surface area (TPSA) is 92.8 Å². The zero-order valence-electron chi connectivity index (χ0n) is 10.7. The van der Waals surface area contributed by atoms with Crippen molar-refractivity contribution in [1.82, 2.24) is 20.2 Å². The van der Waals surface area contributed by atoms with E-state index in [1.807, 2.05) is 6.07 Å². The van der Waals surface area contributed by atoms with Crippen molar-refractivity contribution in [3.63, 3.8) is 0 Å². The smallest absolute Gasteiger partial charge is 0.356 e. The van der Waals surface area contributed by atoms with Gasteiger partial charge in [-0.25, -0.2) is 14.8 Å². The van der Waals surface area contributed by atoms with Gasteiger partial charge in [0.15, 0.2) is 5.69 Å². The van der Waals surface area contributed by atoms with Gasteiger partial charge in [0.1, 0.15) is 11.6 Å². The number of esters is 1. The molecule has 0 aromatic carbocycles. The van der Waals surface area contributed by atoms with Crippen molar-refractivity contribution >= 4 is 29.2 Å². The molecular formula is C12H12ClN5O2. The monoisotopic (exact) mass is 293 g/mol. The summed E-state index contributed by atoms with van der Waals surface area (Å²) in [5.74, 6) is 1.08. The third-order valence-corrected chi connectivity index (χ3v) is 3.12. The van der Waals surface area contributed by atoms with Crippen LogP contribution in [0.2, 0.25) is 5.28 Å². The van der Waals surface area contributed by atoms with Crippen LogP contribution in [-0.4, -0.2) is 33.2 Å². The predicted molar refractivity (Wildman–Crippen MR) is 72.2 cm³/mol. The minimum Gasteiger partial charge on any atom is -0.464 e. The van der Waals surface area contributed by atoms with Gasteiger partial charge >= 0.3 is 5.97 Å². The highest BCUT2D eigenvalue weighted by molar-refractivity contribution is 6.28. The van der Waals surface area contributed by atoms with Crippen LogP contribution in [0.5, 0.6) is 0 Å². The predicted octanol–water partition coefficient (Wildman–Crippen LogP) is 2.26. The number of hydrogen-bond acceptors (Lipinski definition) is 6. The number of ether oxygens (including phenoxy) is 1. The number of aromatic amines is 1. The number of rotatable bonds is 4. The lowest BCUT2D eigenvalue weighted by Gasteiger charge is -2.04. The molecule has 2 N–H and O–H groups in total. The van der Waals surface area contributed by atoms with Gasteiger partial charge in [-0.3, -0.25) is 5.10 Å². The molecule has 0 atom stereocenters. The zero-order chi connectivity index (χ0) is 14.1. The van der Waals surface area contributed by atoms with Crippen LogP contribution < -0.4 is 5.32 Å². The zero-order valence-corrected chi connectivity index (χ0v) is 11.4. The molecule has 7 nitrogen and oxygen atoms in total. The third-order valence-electron chi connectivity index (χ3n) is 2.95. The van der Waals surface area contributed by atoms with Crippen LogP contribution in [0.3, 0.4) is 0 Å². The number of halogens is 1. The summed E-state index contributed by atoms with van der Waals surface area (Å²) in [7, 11) is 1.28. The van der Waals surface area contributed by atoms with Crippen LogP contribution in [-0.2, 0) is 4.74 Å². The molecule has 2 aromatic heterocycles.